The smallest absolute Gasteiger partial charge is 0.133 e. The van der Waals surface area contributed by atoms with E-state index < -0.39 is 0 Å². The number of aromatic nitrogens is 3. The number of nitrogen functional groups attached to an aromatic ring is 1. The maximum atomic E-state index is 14.2. The Balaban J connectivity index is 2.52. The van der Waals surface area contributed by atoms with Crippen LogP contribution in [0.15, 0.2) is 24.4 Å². The molecule has 0 aliphatic heterocycles. The van der Waals surface area contributed by atoms with Gasteiger partial charge in [-0.1, -0.05) is 6.07 Å². The number of hydrogen-bond acceptors (Lipinski definition) is 2. The Kier molecular flexibility index (Phi) is 2.38. The Morgan fingerprint density at radius 2 is 2.00 bits per heavy atom. The minimum absolute atomic E-state index is 0.239. The van der Waals surface area contributed by atoms with Crippen molar-refractivity contribution in [2.45, 2.75) is 6.92 Å². The summed E-state index contributed by atoms with van der Waals surface area (Å²) in [5.41, 5.74) is 9.93. The van der Waals surface area contributed by atoms with Crippen LogP contribution in [0, 0.1) is 12.7 Å². The second-order valence-corrected chi connectivity index (χ2v) is 4.73. The van der Waals surface area contributed by atoms with Crippen LogP contribution in [0.25, 0.3) is 22.2 Å². The molecule has 0 spiro atoms. The minimum atomic E-state index is -0.239. The summed E-state index contributed by atoms with van der Waals surface area (Å²) in [6.45, 7) is 1.96. The molecular formula is C14H15FN4. The van der Waals surface area contributed by atoms with Crippen LogP contribution < -0.4 is 5.73 Å². The quantitative estimate of drug-likeness (QED) is 0.729. The molecule has 2 heterocycles. The van der Waals surface area contributed by atoms with Gasteiger partial charge in [-0.05, 0) is 19.1 Å². The van der Waals surface area contributed by atoms with E-state index >= 15 is 0 Å². The van der Waals surface area contributed by atoms with Gasteiger partial charge in [-0.15, -0.1) is 0 Å². The molecule has 0 aliphatic rings. The summed E-state index contributed by atoms with van der Waals surface area (Å²) >= 11 is 0. The fourth-order valence-electron chi connectivity index (χ4n) is 2.62. The van der Waals surface area contributed by atoms with Crippen molar-refractivity contribution in [1.29, 1.82) is 0 Å². The van der Waals surface area contributed by atoms with Crippen molar-refractivity contribution in [3.8, 4) is 11.3 Å². The monoisotopic (exact) mass is 258 g/mol. The average Bonchev–Trinajstić information content (AvgIpc) is 2.82. The summed E-state index contributed by atoms with van der Waals surface area (Å²) in [6, 6.07) is 5.09. The summed E-state index contributed by atoms with van der Waals surface area (Å²) in [6.07, 6.45) is 1.59. The van der Waals surface area contributed by atoms with E-state index in [1.54, 1.807) is 16.9 Å². The largest absolute Gasteiger partial charge is 0.396 e. The fraction of sp³-hybridized carbons (Fsp3) is 0.214. The number of hydrogen-bond donors (Lipinski definition) is 1. The third-order valence-corrected chi connectivity index (χ3v) is 3.67. The second kappa shape index (κ2) is 3.85. The third-order valence-electron chi connectivity index (χ3n) is 3.67. The highest BCUT2D eigenvalue weighted by Gasteiger charge is 2.21. The zero-order valence-electron chi connectivity index (χ0n) is 11.1. The lowest BCUT2D eigenvalue weighted by molar-refractivity contribution is 0.640. The molecule has 4 nitrogen and oxygen atoms in total. The summed E-state index contributed by atoms with van der Waals surface area (Å²) in [5.74, 6) is -0.239. The molecule has 0 amide bonds. The molecular weight excluding hydrogens is 243 g/mol. The molecule has 0 fully saturated rings. The van der Waals surface area contributed by atoms with Gasteiger partial charge in [-0.3, -0.25) is 4.68 Å². The van der Waals surface area contributed by atoms with Crippen molar-refractivity contribution in [3.63, 3.8) is 0 Å². The molecule has 0 saturated heterocycles. The van der Waals surface area contributed by atoms with E-state index in [2.05, 4.69) is 5.10 Å². The van der Waals surface area contributed by atoms with Crippen LogP contribution >= 0.6 is 0 Å². The Labute approximate surface area is 110 Å². The van der Waals surface area contributed by atoms with E-state index in [4.69, 9.17) is 5.73 Å². The zero-order chi connectivity index (χ0) is 13.7. The lowest BCUT2D eigenvalue weighted by Gasteiger charge is -2.05. The molecule has 0 bridgehead atoms. The van der Waals surface area contributed by atoms with Crippen LogP contribution in [-0.2, 0) is 14.1 Å². The number of aryl methyl sites for hydroxylation is 2. The number of benzene rings is 1. The molecule has 0 radical (unpaired) electrons. The Bertz CT molecular complexity index is 763. The van der Waals surface area contributed by atoms with Crippen molar-refractivity contribution < 1.29 is 4.39 Å². The molecule has 2 N–H and O–H groups in total. The van der Waals surface area contributed by atoms with Crippen molar-refractivity contribution in [3.05, 3.63) is 35.9 Å². The molecule has 0 aliphatic carbocycles. The normalized spacial score (nSPS) is 11.4. The van der Waals surface area contributed by atoms with Crippen LogP contribution in [0.4, 0.5) is 10.1 Å². The number of nitrogens with zero attached hydrogens (tertiary/aromatic N) is 3. The lowest BCUT2D eigenvalue weighted by Crippen LogP contribution is -1.98. The zero-order valence-corrected chi connectivity index (χ0v) is 11.1. The number of halogens is 1. The molecule has 1 aromatic carbocycles. The Morgan fingerprint density at radius 1 is 1.26 bits per heavy atom. The predicted octanol–water partition coefficient (Wildman–Crippen LogP) is 2.61. The fourth-order valence-corrected chi connectivity index (χ4v) is 2.62. The minimum Gasteiger partial charge on any atom is -0.396 e. The van der Waals surface area contributed by atoms with Gasteiger partial charge in [0.25, 0.3) is 0 Å². The molecule has 5 heteroatoms. The molecule has 19 heavy (non-hydrogen) atoms. The average molecular weight is 258 g/mol. The molecule has 3 aromatic rings. The number of rotatable bonds is 1. The standard InChI is InChI=1S/C14H15FN4/c1-8-12(14-10(16)7-17-19(14)3)13-9(15)5-4-6-11(13)18(8)2/h4-7H,16H2,1-3H3. The van der Waals surface area contributed by atoms with Gasteiger partial charge in [0.1, 0.15) is 5.82 Å². The van der Waals surface area contributed by atoms with Crippen LogP contribution in [0.2, 0.25) is 0 Å². The number of nitrogens with two attached hydrogens (primary N) is 1. The van der Waals surface area contributed by atoms with Crippen LogP contribution in [0.3, 0.4) is 0 Å². The molecule has 0 unspecified atom stereocenters. The summed E-state index contributed by atoms with van der Waals surface area (Å²) in [4.78, 5) is 0. The topological polar surface area (TPSA) is 48.8 Å². The highest BCUT2D eigenvalue weighted by molar-refractivity contribution is 6.00. The first-order valence-corrected chi connectivity index (χ1v) is 6.03. The van der Waals surface area contributed by atoms with Gasteiger partial charge in [0.05, 0.1) is 23.1 Å². The lowest BCUT2D eigenvalue weighted by atomic mass is 10.1. The molecule has 2 aromatic heterocycles. The van der Waals surface area contributed by atoms with E-state index in [9.17, 15) is 4.39 Å². The van der Waals surface area contributed by atoms with Gasteiger partial charge in [-0.25, -0.2) is 4.39 Å². The van der Waals surface area contributed by atoms with Crippen LogP contribution in [-0.4, -0.2) is 14.3 Å². The first-order chi connectivity index (χ1) is 9.02. The highest BCUT2D eigenvalue weighted by atomic mass is 19.1. The van der Waals surface area contributed by atoms with Gasteiger partial charge >= 0.3 is 0 Å². The molecule has 98 valence electrons. The van der Waals surface area contributed by atoms with E-state index in [0.29, 0.717) is 11.1 Å². The van der Waals surface area contributed by atoms with Gasteiger partial charge in [0.2, 0.25) is 0 Å². The van der Waals surface area contributed by atoms with Crippen molar-refractivity contribution in [2.24, 2.45) is 14.1 Å². The maximum absolute atomic E-state index is 14.2. The van der Waals surface area contributed by atoms with Crippen LogP contribution in [0.1, 0.15) is 5.69 Å². The second-order valence-electron chi connectivity index (χ2n) is 4.73. The first-order valence-electron chi connectivity index (χ1n) is 6.03. The summed E-state index contributed by atoms with van der Waals surface area (Å²) in [7, 11) is 3.73. The SMILES string of the molecule is Cc1c(-c2c(N)cnn2C)c2c(F)cccc2n1C. The number of anilines is 1. The van der Waals surface area contributed by atoms with Crippen molar-refractivity contribution in [1.82, 2.24) is 14.3 Å². The van der Waals surface area contributed by atoms with Crippen LogP contribution in [0.5, 0.6) is 0 Å². The maximum Gasteiger partial charge on any atom is 0.133 e. The van der Waals surface area contributed by atoms with Crippen molar-refractivity contribution >= 4 is 16.6 Å². The highest BCUT2D eigenvalue weighted by Crippen LogP contribution is 2.37. The Morgan fingerprint density at radius 3 is 2.63 bits per heavy atom. The van der Waals surface area contributed by atoms with Gasteiger partial charge in [0, 0.05) is 30.7 Å². The molecule has 3 rings (SSSR count). The molecule has 0 saturated carbocycles. The van der Waals surface area contributed by atoms with E-state index in [-0.39, 0.29) is 5.82 Å². The number of fused-ring (bicyclic) bond motifs is 1. The Hall–Kier alpha value is -2.30. The summed E-state index contributed by atoms with van der Waals surface area (Å²) < 4.78 is 17.9. The van der Waals surface area contributed by atoms with Crippen molar-refractivity contribution in [2.75, 3.05) is 5.73 Å². The van der Waals surface area contributed by atoms with Gasteiger partial charge in [0.15, 0.2) is 0 Å². The summed E-state index contributed by atoms with van der Waals surface area (Å²) in [5, 5.41) is 4.73. The van der Waals surface area contributed by atoms with Gasteiger partial charge in [-0.2, -0.15) is 5.10 Å². The predicted molar refractivity (Wildman–Crippen MR) is 74.2 cm³/mol. The first kappa shape index (κ1) is 11.8. The van der Waals surface area contributed by atoms with E-state index in [0.717, 1.165) is 22.5 Å². The third kappa shape index (κ3) is 1.47. The van der Waals surface area contributed by atoms with E-state index in [1.165, 1.54) is 6.07 Å². The van der Waals surface area contributed by atoms with E-state index in [1.807, 2.05) is 31.7 Å². The molecule has 0 atom stereocenters. The van der Waals surface area contributed by atoms with Gasteiger partial charge < -0.3 is 10.3 Å².